The Hall–Kier alpha value is -1.99. The van der Waals surface area contributed by atoms with E-state index in [9.17, 15) is 13.6 Å². The summed E-state index contributed by atoms with van der Waals surface area (Å²) in [6.07, 6.45) is 5.15. The molecular formula is C19H19F2NO3S. The molecule has 0 saturated heterocycles. The topological polar surface area (TPSA) is 59.4 Å². The number of pyridine rings is 1. The largest absolute Gasteiger partial charge is 0.480 e. The summed E-state index contributed by atoms with van der Waals surface area (Å²) in [5.74, 6) is -2.45. The lowest BCUT2D eigenvalue weighted by atomic mass is 10.00. The van der Waals surface area contributed by atoms with Crippen molar-refractivity contribution in [3.8, 4) is 11.1 Å². The fraction of sp³-hybridized carbons (Fsp3) is 0.368. The second kappa shape index (κ2) is 8.60. The van der Waals surface area contributed by atoms with Crippen molar-refractivity contribution in [3.63, 3.8) is 0 Å². The molecule has 1 saturated carbocycles. The Balaban J connectivity index is 1.78. The normalized spacial score (nSPS) is 14.2. The van der Waals surface area contributed by atoms with E-state index in [1.54, 1.807) is 24.0 Å². The van der Waals surface area contributed by atoms with Crippen molar-refractivity contribution in [2.75, 3.05) is 13.2 Å². The number of nitrogens with zero attached hydrogens (tertiary/aromatic N) is 1. The standard InChI is InChI=1S/C19H19F2NO3S/c20-16-9-12(10-17(21)15(16)6-8-25-11-18(23)24)14-5-2-7-22-19(14)26-13-3-1-4-13/h2,5,7,9-10,13H,1,3-4,6,8,11H2,(H,23,24). The molecule has 0 amide bonds. The van der Waals surface area contributed by atoms with E-state index in [2.05, 4.69) is 4.98 Å². The summed E-state index contributed by atoms with van der Waals surface area (Å²) in [6, 6.07) is 6.18. The van der Waals surface area contributed by atoms with Crippen LogP contribution in [-0.4, -0.2) is 34.5 Å². The van der Waals surface area contributed by atoms with Gasteiger partial charge in [0, 0.05) is 29.0 Å². The summed E-state index contributed by atoms with van der Waals surface area (Å²) in [4.78, 5) is 14.8. The lowest BCUT2D eigenvalue weighted by Crippen LogP contribution is -2.13. The molecule has 1 aliphatic rings. The van der Waals surface area contributed by atoms with Crippen LogP contribution in [0.25, 0.3) is 11.1 Å². The van der Waals surface area contributed by atoms with Crippen molar-refractivity contribution in [1.29, 1.82) is 0 Å². The number of hydrogen-bond donors (Lipinski definition) is 1. The van der Waals surface area contributed by atoms with Crippen molar-refractivity contribution in [3.05, 3.63) is 47.7 Å². The third kappa shape index (κ3) is 4.59. The van der Waals surface area contributed by atoms with E-state index >= 15 is 0 Å². The Morgan fingerprint density at radius 3 is 2.65 bits per heavy atom. The SMILES string of the molecule is O=C(O)COCCc1c(F)cc(-c2cccnc2SC2CCC2)cc1F. The monoisotopic (exact) mass is 379 g/mol. The first-order valence-corrected chi connectivity index (χ1v) is 9.32. The minimum absolute atomic E-state index is 0.0258. The van der Waals surface area contributed by atoms with E-state index in [1.807, 2.05) is 6.07 Å². The maximum absolute atomic E-state index is 14.4. The predicted octanol–water partition coefficient (Wildman–Crippen LogP) is 4.32. The van der Waals surface area contributed by atoms with E-state index in [-0.39, 0.29) is 18.6 Å². The van der Waals surface area contributed by atoms with Crippen molar-refractivity contribution < 1.29 is 23.4 Å². The van der Waals surface area contributed by atoms with Crippen molar-refractivity contribution in [1.82, 2.24) is 4.98 Å². The average Bonchev–Trinajstić information content (AvgIpc) is 2.56. The first-order chi connectivity index (χ1) is 12.5. The van der Waals surface area contributed by atoms with Gasteiger partial charge in [0.05, 0.1) is 6.61 Å². The number of aliphatic carboxylic acids is 1. The molecule has 138 valence electrons. The highest BCUT2D eigenvalue weighted by Crippen LogP contribution is 2.40. The lowest BCUT2D eigenvalue weighted by molar-refractivity contribution is -0.142. The summed E-state index contributed by atoms with van der Waals surface area (Å²) in [6.45, 7) is -0.548. The maximum atomic E-state index is 14.4. The van der Waals surface area contributed by atoms with Gasteiger partial charge in [-0.05, 0) is 36.6 Å². The van der Waals surface area contributed by atoms with Crippen LogP contribution in [0.4, 0.5) is 8.78 Å². The van der Waals surface area contributed by atoms with Gasteiger partial charge in [0.2, 0.25) is 0 Å². The molecule has 26 heavy (non-hydrogen) atoms. The van der Waals surface area contributed by atoms with E-state index in [0.717, 1.165) is 23.4 Å². The first kappa shape index (κ1) is 18.8. The van der Waals surface area contributed by atoms with Gasteiger partial charge in [-0.15, -0.1) is 11.8 Å². The molecule has 1 aliphatic carbocycles. The van der Waals surface area contributed by atoms with Crippen LogP contribution in [0.3, 0.4) is 0 Å². The molecule has 1 aromatic carbocycles. The Kier molecular flexibility index (Phi) is 6.21. The minimum Gasteiger partial charge on any atom is -0.480 e. The van der Waals surface area contributed by atoms with E-state index in [1.165, 1.54) is 18.6 Å². The second-order valence-corrected chi connectivity index (χ2v) is 7.43. The molecule has 0 bridgehead atoms. The summed E-state index contributed by atoms with van der Waals surface area (Å²) in [7, 11) is 0. The summed E-state index contributed by atoms with van der Waals surface area (Å²) < 4.78 is 33.7. The molecule has 0 aliphatic heterocycles. The number of hydrogen-bond acceptors (Lipinski definition) is 4. The molecule has 3 rings (SSSR count). The van der Waals surface area contributed by atoms with E-state index in [0.29, 0.717) is 10.8 Å². The molecular weight excluding hydrogens is 360 g/mol. The smallest absolute Gasteiger partial charge is 0.329 e. The number of benzene rings is 1. The number of ether oxygens (including phenoxy) is 1. The molecule has 0 atom stereocenters. The third-order valence-corrected chi connectivity index (χ3v) is 5.63. The highest BCUT2D eigenvalue weighted by Gasteiger charge is 2.22. The van der Waals surface area contributed by atoms with Crippen LogP contribution in [0.1, 0.15) is 24.8 Å². The zero-order valence-electron chi connectivity index (χ0n) is 14.1. The molecule has 2 aromatic rings. The second-order valence-electron chi connectivity index (χ2n) is 6.14. The zero-order chi connectivity index (χ0) is 18.5. The Bertz CT molecular complexity index is 773. The molecule has 0 unspecified atom stereocenters. The van der Waals surface area contributed by atoms with Crippen LogP contribution in [-0.2, 0) is 16.0 Å². The van der Waals surface area contributed by atoms with Crippen LogP contribution in [0, 0.1) is 11.6 Å². The number of rotatable bonds is 8. The number of halogens is 2. The molecule has 7 heteroatoms. The van der Waals surface area contributed by atoms with Gasteiger partial charge < -0.3 is 9.84 Å². The third-order valence-electron chi connectivity index (χ3n) is 4.28. The van der Waals surface area contributed by atoms with Crippen LogP contribution >= 0.6 is 11.8 Å². The quantitative estimate of drug-likeness (QED) is 0.693. The highest BCUT2D eigenvalue weighted by atomic mass is 32.2. The van der Waals surface area contributed by atoms with Gasteiger partial charge in [-0.2, -0.15) is 0 Å². The molecule has 1 aromatic heterocycles. The van der Waals surface area contributed by atoms with Gasteiger partial charge in [-0.3, -0.25) is 0 Å². The maximum Gasteiger partial charge on any atom is 0.329 e. The Labute approximate surface area is 154 Å². The molecule has 0 spiro atoms. The number of carboxylic acids is 1. The van der Waals surface area contributed by atoms with Crippen LogP contribution in [0.2, 0.25) is 0 Å². The average molecular weight is 379 g/mol. The molecule has 1 fully saturated rings. The van der Waals surface area contributed by atoms with Crippen LogP contribution in [0.5, 0.6) is 0 Å². The summed E-state index contributed by atoms with van der Waals surface area (Å²) in [5, 5.41) is 9.81. The fourth-order valence-electron chi connectivity index (χ4n) is 2.68. The highest BCUT2D eigenvalue weighted by molar-refractivity contribution is 8.00. The van der Waals surface area contributed by atoms with Gasteiger partial charge in [0.25, 0.3) is 0 Å². The zero-order valence-corrected chi connectivity index (χ0v) is 14.9. The predicted molar refractivity (Wildman–Crippen MR) is 95.2 cm³/mol. The molecule has 0 radical (unpaired) electrons. The number of thioether (sulfide) groups is 1. The van der Waals surface area contributed by atoms with Crippen LogP contribution in [0.15, 0.2) is 35.5 Å². The number of carbonyl (C=O) groups is 1. The Morgan fingerprint density at radius 1 is 1.31 bits per heavy atom. The number of aromatic nitrogens is 1. The fourth-order valence-corrected chi connectivity index (χ4v) is 4.00. The van der Waals surface area contributed by atoms with Gasteiger partial charge in [0.1, 0.15) is 23.3 Å². The van der Waals surface area contributed by atoms with E-state index < -0.39 is 24.2 Å². The van der Waals surface area contributed by atoms with Gasteiger partial charge in [-0.25, -0.2) is 18.6 Å². The van der Waals surface area contributed by atoms with Crippen LogP contribution < -0.4 is 0 Å². The number of carboxylic acid groups (broad SMARTS) is 1. The summed E-state index contributed by atoms with van der Waals surface area (Å²) in [5.41, 5.74) is 1.07. The van der Waals surface area contributed by atoms with E-state index in [4.69, 9.17) is 9.84 Å². The van der Waals surface area contributed by atoms with Gasteiger partial charge >= 0.3 is 5.97 Å². The summed E-state index contributed by atoms with van der Waals surface area (Å²) >= 11 is 1.66. The minimum atomic E-state index is -1.12. The van der Waals surface area contributed by atoms with Gasteiger partial charge in [-0.1, -0.05) is 12.5 Å². The van der Waals surface area contributed by atoms with Gasteiger partial charge in [0.15, 0.2) is 0 Å². The Morgan fingerprint density at radius 2 is 2.04 bits per heavy atom. The molecule has 4 nitrogen and oxygen atoms in total. The molecule has 1 N–H and O–H groups in total. The van der Waals surface area contributed by atoms with Crippen molar-refractivity contribution in [2.45, 2.75) is 36.0 Å². The van der Waals surface area contributed by atoms with Crippen molar-refractivity contribution >= 4 is 17.7 Å². The molecule has 1 heterocycles. The first-order valence-electron chi connectivity index (χ1n) is 8.44. The van der Waals surface area contributed by atoms with Crippen molar-refractivity contribution in [2.24, 2.45) is 0 Å². The lowest BCUT2D eigenvalue weighted by Gasteiger charge is -2.25.